The van der Waals surface area contributed by atoms with Crippen molar-refractivity contribution in [2.45, 2.75) is 52.7 Å². The fourth-order valence-corrected chi connectivity index (χ4v) is 5.23. The fourth-order valence-electron chi connectivity index (χ4n) is 3.41. The smallest absolute Gasteiger partial charge is 0.227 e. The third-order valence-electron chi connectivity index (χ3n) is 4.64. The van der Waals surface area contributed by atoms with Gasteiger partial charge in [0.1, 0.15) is 0 Å². The molecule has 0 spiro atoms. The lowest BCUT2D eigenvalue weighted by molar-refractivity contribution is -0.119. The molecule has 0 fully saturated rings. The lowest BCUT2D eigenvalue weighted by Crippen LogP contribution is -2.30. The van der Waals surface area contributed by atoms with Crippen LogP contribution < -0.4 is 10.2 Å². The van der Waals surface area contributed by atoms with Crippen LogP contribution in [0.3, 0.4) is 0 Å². The molecule has 0 saturated heterocycles. The molecule has 1 aliphatic heterocycles. The predicted octanol–water partition coefficient (Wildman–Crippen LogP) is 4.79. The molecule has 2 N–H and O–H groups in total. The SMILES string of the molecule is Cc1cc(N2CCc3c(Br)csc3C2)cc(C)c1NC(=O)CC(C)(C)O. The Labute approximate surface area is 167 Å². The molecule has 0 aliphatic carbocycles. The summed E-state index contributed by atoms with van der Waals surface area (Å²) in [7, 11) is 0. The second-order valence-corrected chi connectivity index (χ2v) is 9.47. The van der Waals surface area contributed by atoms with Crippen LogP contribution in [0, 0.1) is 13.8 Å². The first-order chi connectivity index (χ1) is 12.1. The largest absolute Gasteiger partial charge is 0.390 e. The Morgan fingerprint density at radius 3 is 2.62 bits per heavy atom. The van der Waals surface area contributed by atoms with Gasteiger partial charge in [0.15, 0.2) is 0 Å². The molecule has 0 saturated carbocycles. The Kier molecular flexibility index (Phi) is 5.47. The summed E-state index contributed by atoms with van der Waals surface area (Å²) in [5.41, 5.74) is 4.56. The number of carbonyl (C=O) groups is 1. The molecule has 140 valence electrons. The number of nitrogens with one attached hydrogen (secondary N) is 1. The number of fused-ring (bicyclic) bond motifs is 1. The zero-order valence-corrected chi connectivity index (χ0v) is 18.1. The number of aryl methyl sites for hydroxylation is 2. The van der Waals surface area contributed by atoms with Gasteiger partial charge in [-0.2, -0.15) is 0 Å². The lowest BCUT2D eigenvalue weighted by atomic mass is 10.0. The summed E-state index contributed by atoms with van der Waals surface area (Å²) in [6.07, 6.45) is 1.12. The standard InChI is InChI=1S/C20H25BrN2O2S/c1-12-7-14(23-6-5-15-16(21)11-26-17(15)10-23)8-13(2)19(12)22-18(24)9-20(3,4)25/h7-8,11,25H,5-6,9-10H2,1-4H3,(H,22,24). The highest BCUT2D eigenvalue weighted by Crippen LogP contribution is 2.35. The highest BCUT2D eigenvalue weighted by atomic mass is 79.9. The van der Waals surface area contributed by atoms with E-state index in [1.807, 2.05) is 13.8 Å². The van der Waals surface area contributed by atoms with Crippen LogP contribution in [0.5, 0.6) is 0 Å². The summed E-state index contributed by atoms with van der Waals surface area (Å²) in [4.78, 5) is 16.0. The first-order valence-corrected chi connectivity index (χ1v) is 10.4. The molecule has 6 heteroatoms. The Bertz CT molecular complexity index is 816. The van der Waals surface area contributed by atoms with Crippen molar-refractivity contribution >= 4 is 44.5 Å². The van der Waals surface area contributed by atoms with Crippen molar-refractivity contribution in [3.8, 4) is 0 Å². The molecular formula is C20H25BrN2O2S. The van der Waals surface area contributed by atoms with Gasteiger partial charge >= 0.3 is 0 Å². The molecule has 2 aromatic rings. The monoisotopic (exact) mass is 436 g/mol. The minimum Gasteiger partial charge on any atom is -0.390 e. The van der Waals surface area contributed by atoms with Gasteiger partial charge in [0, 0.05) is 32.6 Å². The molecular weight excluding hydrogens is 412 g/mol. The number of benzene rings is 1. The van der Waals surface area contributed by atoms with Crippen molar-refractivity contribution in [2.75, 3.05) is 16.8 Å². The normalized spacial score (nSPS) is 14.3. The minimum absolute atomic E-state index is 0.0792. The van der Waals surface area contributed by atoms with Gasteiger partial charge in [-0.15, -0.1) is 11.3 Å². The molecule has 1 aromatic carbocycles. The molecule has 4 nitrogen and oxygen atoms in total. The number of carbonyl (C=O) groups excluding carboxylic acids is 1. The molecule has 3 rings (SSSR count). The van der Waals surface area contributed by atoms with E-state index in [0.717, 1.165) is 36.3 Å². The summed E-state index contributed by atoms with van der Waals surface area (Å²) in [6.45, 7) is 9.24. The van der Waals surface area contributed by atoms with Gasteiger partial charge in [-0.1, -0.05) is 0 Å². The Morgan fingerprint density at radius 2 is 2.00 bits per heavy atom. The highest BCUT2D eigenvalue weighted by Gasteiger charge is 2.22. The fraction of sp³-hybridized carbons (Fsp3) is 0.450. The number of thiophene rings is 1. The number of halogens is 1. The van der Waals surface area contributed by atoms with Crippen LogP contribution in [-0.4, -0.2) is 23.2 Å². The van der Waals surface area contributed by atoms with Crippen LogP contribution in [0.25, 0.3) is 0 Å². The number of nitrogens with zero attached hydrogens (tertiary/aromatic N) is 1. The number of aliphatic hydroxyl groups is 1. The van der Waals surface area contributed by atoms with Crippen molar-refractivity contribution in [2.24, 2.45) is 0 Å². The van der Waals surface area contributed by atoms with Crippen molar-refractivity contribution < 1.29 is 9.90 Å². The van der Waals surface area contributed by atoms with Crippen LogP contribution >= 0.6 is 27.3 Å². The van der Waals surface area contributed by atoms with Gasteiger partial charge in [0.05, 0.1) is 18.6 Å². The Balaban J connectivity index is 1.78. The van der Waals surface area contributed by atoms with E-state index in [2.05, 4.69) is 43.7 Å². The van der Waals surface area contributed by atoms with E-state index in [1.165, 1.54) is 20.6 Å². The maximum absolute atomic E-state index is 12.2. The molecule has 1 aromatic heterocycles. The minimum atomic E-state index is -1.01. The van der Waals surface area contributed by atoms with Gasteiger partial charge in [-0.25, -0.2) is 0 Å². The third kappa shape index (κ3) is 4.30. The second-order valence-electron chi connectivity index (χ2n) is 7.65. The molecule has 1 aliphatic rings. The highest BCUT2D eigenvalue weighted by molar-refractivity contribution is 9.10. The number of hydrogen-bond donors (Lipinski definition) is 2. The van der Waals surface area contributed by atoms with Crippen LogP contribution in [-0.2, 0) is 17.8 Å². The van der Waals surface area contributed by atoms with E-state index in [0.29, 0.717) is 0 Å². The zero-order valence-electron chi connectivity index (χ0n) is 15.6. The van der Waals surface area contributed by atoms with Crippen LogP contribution in [0.4, 0.5) is 11.4 Å². The van der Waals surface area contributed by atoms with E-state index < -0.39 is 5.60 Å². The molecule has 2 heterocycles. The average molecular weight is 437 g/mol. The number of anilines is 2. The summed E-state index contributed by atoms with van der Waals surface area (Å²) >= 11 is 5.44. The predicted molar refractivity (Wildman–Crippen MR) is 112 cm³/mol. The third-order valence-corrected chi connectivity index (χ3v) is 6.66. The van der Waals surface area contributed by atoms with Gasteiger partial charge in [0.25, 0.3) is 0 Å². The summed E-state index contributed by atoms with van der Waals surface area (Å²) in [5.74, 6) is -0.164. The van der Waals surface area contributed by atoms with Crippen LogP contribution in [0.1, 0.15) is 41.8 Å². The Morgan fingerprint density at radius 1 is 1.35 bits per heavy atom. The molecule has 0 unspecified atom stereocenters. The van der Waals surface area contributed by atoms with E-state index >= 15 is 0 Å². The van der Waals surface area contributed by atoms with Crippen molar-refractivity contribution in [3.05, 3.63) is 43.6 Å². The molecule has 0 bridgehead atoms. The van der Waals surface area contributed by atoms with Crippen molar-refractivity contribution in [3.63, 3.8) is 0 Å². The van der Waals surface area contributed by atoms with Crippen molar-refractivity contribution in [1.29, 1.82) is 0 Å². The van der Waals surface area contributed by atoms with E-state index in [1.54, 1.807) is 25.2 Å². The van der Waals surface area contributed by atoms with Gasteiger partial charge in [0.2, 0.25) is 5.91 Å². The Hall–Kier alpha value is -1.37. The first-order valence-electron chi connectivity index (χ1n) is 8.77. The first kappa shape index (κ1) is 19.4. The topological polar surface area (TPSA) is 52.6 Å². The van der Waals surface area contributed by atoms with Crippen LogP contribution in [0.15, 0.2) is 22.0 Å². The maximum atomic E-state index is 12.2. The van der Waals surface area contributed by atoms with Crippen molar-refractivity contribution in [1.82, 2.24) is 0 Å². The number of hydrogen-bond acceptors (Lipinski definition) is 4. The summed E-state index contributed by atoms with van der Waals surface area (Å²) < 4.78 is 1.23. The summed E-state index contributed by atoms with van der Waals surface area (Å²) in [6, 6.07) is 4.28. The lowest BCUT2D eigenvalue weighted by Gasteiger charge is -2.30. The van der Waals surface area contributed by atoms with Gasteiger partial charge < -0.3 is 15.3 Å². The molecule has 0 radical (unpaired) electrons. The molecule has 1 amide bonds. The van der Waals surface area contributed by atoms with E-state index in [4.69, 9.17) is 0 Å². The summed E-state index contributed by atoms with van der Waals surface area (Å²) in [5, 5.41) is 15.0. The maximum Gasteiger partial charge on any atom is 0.227 e. The van der Waals surface area contributed by atoms with E-state index in [-0.39, 0.29) is 12.3 Å². The van der Waals surface area contributed by atoms with Crippen LogP contribution in [0.2, 0.25) is 0 Å². The van der Waals surface area contributed by atoms with E-state index in [9.17, 15) is 9.90 Å². The van der Waals surface area contributed by atoms with Gasteiger partial charge in [-0.05, 0) is 78.9 Å². The number of rotatable bonds is 4. The molecule has 26 heavy (non-hydrogen) atoms. The van der Waals surface area contributed by atoms with Gasteiger partial charge in [-0.3, -0.25) is 4.79 Å². The quantitative estimate of drug-likeness (QED) is 0.723. The zero-order chi connectivity index (χ0) is 19.1. The average Bonchev–Trinajstić information content (AvgIpc) is 2.90. The second kappa shape index (κ2) is 7.33. The number of amides is 1. The molecule has 0 atom stereocenters.